The average Bonchev–Trinajstić information content (AvgIpc) is 3.12. The third-order valence-corrected chi connectivity index (χ3v) is 10.8. The van der Waals surface area contributed by atoms with Crippen molar-refractivity contribution in [2.75, 3.05) is 7.11 Å². The summed E-state index contributed by atoms with van der Waals surface area (Å²) >= 11 is 0. The number of rotatable bonds is 15. The molecule has 11 nitrogen and oxygen atoms in total. The number of carbonyl (C=O) groups excluding carboxylic acids is 1. The number of cyclic esters (lactones) is 1. The molecule has 0 bridgehead atoms. The van der Waals surface area contributed by atoms with Gasteiger partial charge in [0.1, 0.15) is 6.10 Å². The number of carboxylic acids is 1. The number of hydrogen-bond donors (Lipinski definition) is 7. The molecule has 1 heterocycles. The van der Waals surface area contributed by atoms with E-state index in [9.17, 15) is 40.2 Å². The number of carboxylic acid groups (broad SMARTS) is 1. The highest BCUT2D eigenvalue weighted by atomic mass is 16.5. The maximum atomic E-state index is 13.2. The average molecular weight is 779 g/mol. The van der Waals surface area contributed by atoms with E-state index in [4.69, 9.17) is 14.6 Å². The first-order valence-electron chi connectivity index (χ1n) is 20.4. The van der Waals surface area contributed by atoms with E-state index in [0.29, 0.717) is 57.8 Å². The molecule has 12 atom stereocenters. The molecule has 0 aromatic heterocycles. The van der Waals surface area contributed by atoms with Gasteiger partial charge in [0.2, 0.25) is 0 Å². The highest BCUT2D eigenvalue weighted by Gasteiger charge is 2.32. The number of hydrogen-bond acceptors (Lipinski definition) is 10. The van der Waals surface area contributed by atoms with E-state index in [1.165, 1.54) is 0 Å². The van der Waals surface area contributed by atoms with Gasteiger partial charge in [-0.2, -0.15) is 0 Å². The molecule has 11 heteroatoms. The summed E-state index contributed by atoms with van der Waals surface area (Å²) in [4.78, 5) is 23.9. The van der Waals surface area contributed by atoms with Crippen molar-refractivity contribution in [2.24, 2.45) is 23.7 Å². The Labute approximate surface area is 330 Å². The predicted octanol–water partition coefficient (Wildman–Crippen LogP) is 6.35. The Kier molecular flexibility index (Phi) is 26.3. The van der Waals surface area contributed by atoms with Crippen LogP contribution in [-0.4, -0.2) is 104 Å². The third kappa shape index (κ3) is 23.3. The Hall–Kier alpha value is -2.64. The van der Waals surface area contributed by atoms with E-state index in [0.717, 1.165) is 12.0 Å². The fourth-order valence-electron chi connectivity index (χ4n) is 6.63. The molecule has 0 fully saturated rings. The summed E-state index contributed by atoms with van der Waals surface area (Å²) in [5.41, 5.74) is 0.939. The second-order valence-corrected chi connectivity index (χ2v) is 15.9. The summed E-state index contributed by atoms with van der Waals surface area (Å²) in [5.74, 6) is -2.80. The van der Waals surface area contributed by atoms with Gasteiger partial charge in [-0.05, 0) is 89.4 Å². The topological polar surface area (TPSA) is 194 Å². The van der Waals surface area contributed by atoms with Gasteiger partial charge in [-0.3, -0.25) is 9.59 Å². The Bertz CT molecular complexity index is 1210. The van der Waals surface area contributed by atoms with Crippen molar-refractivity contribution in [3.05, 3.63) is 60.3 Å². The maximum absolute atomic E-state index is 13.2. The molecule has 0 spiro atoms. The molecule has 0 radical (unpaired) electrons. The molecule has 12 unspecified atom stereocenters. The second-order valence-electron chi connectivity index (χ2n) is 15.9. The number of aliphatic hydroxyl groups is 6. The van der Waals surface area contributed by atoms with Crippen LogP contribution in [0.2, 0.25) is 0 Å². The van der Waals surface area contributed by atoms with Gasteiger partial charge in [-0.1, -0.05) is 88.0 Å². The maximum Gasteiger partial charge on any atom is 0.308 e. The fourth-order valence-corrected chi connectivity index (χ4v) is 6.63. The van der Waals surface area contributed by atoms with E-state index in [1.807, 2.05) is 69.4 Å². The predicted molar refractivity (Wildman–Crippen MR) is 216 cm³/mol. The largest absolute Gasteiger partial charge is 0.481 e. The summed E-state index contributed by atoms with van der Waals surface area (Å²) in [6, 6.07) is 0. The lowest BCUT2D eigenvalue weighted by Crippen LogP contribution is -2.38. The first kappa shape index (κ1) is 50.4. The van der Waals surface area contributed by atoms with Gasteiger partial charge >= 0.3 is 11.9 Å². The van der Waals surface area contributed by atoms with E-state index in [2.05, 4.69) is 0 Å². The molecule has 1 aliphatic rings. The lowest BCUT2D eigenvalue weighted by atomic mass is 9.88. The van der Waals surface area contributed by atoms with Crippen LogP contribution in [0.5, 0.6) is 0 Å². The minimum absolute atomic E-state index is 0.0290. The molecule has 0 aliphatic carbocycles. The van der Waals surface area contributed by atoms with Crippen LogP contribution in [0.15, 0.2) is 60.3 Å². The number of aliphatic hydroxyl groups excluding tert-OH is 6. The first-order valence-corrected chi connectivity index (χ1v) is 20.4. The summed E-state index contributed by atoms with van der Waals surface area (Å²) in [6.45, 7) is 9.15. The van der Waals surface area contributed by atoms with Gasteiger partial charge in [-0.25, -0.2) is 0 Å². The van der Waals surface area contributed by atoms with E-state index in [-0.39, 0.29) is 43.6 Å². The van der Waals surface area contributed by atoms with Crippen molar-refractivity contribution in [1.29, 1.82) is 0 Å². The van der Waals surface area contributed by atoms with Crippen LogP contribution in [0.1, 0.15) is 125 Å². The van der Waals surface area contributed by atoms with Crippen molar-refractivity contribution < 1.29 is 54.8 Å². The minimum Gasteiger partial charge on any atom is -0.481 e. The molecule has 0 aromatic rings. The van der Waals surface area contributed by atoms with Crippen molar-refractivity contribution >= 4 is 11.9 Å². The smallest absolute Gasteiger partial charge is 0.308 e. The van der Waals surface area contributed by atoms with Crippen LogP contribution >= 0.6 is 0 Å². The second kappa shape index (κ2) is 28.7. The quantitative estimate of drug-likeness (QED) is 0.0556. The highest BCUT2D eigenvalue weighted by Crippen LogP contribution is 2.26. The van der Waals surface area contributed by atoms with Crippen molar-refractivity contribution in [3.63, 3.8) is 0 Å². The number of methoxy groups -OCH3 is 1. The summed E-state index contributed by atoms with van der Waals surface area (Å²) < 4.78 is 11.5. The molecular formula is C44H74O11. The number of esters is 1. The molecule has 0 aromatic carbocycles. The van der Waals surface area contributed by atoms with Crippen LogP contribution in [0, 0.1) is 23.7 Å². The molecular weight excluding hydrogens is 704 g/mol. The molecule has 1 aliphatic heterocycles. The minimum atomic E-state index is -1.22. The van der Waals surface area contributed by atoms with Gasteiger partial charge in [0.15, 0.2) is 0 Å². The Balaban J connectivity index is 2.93. The van der Waals surface area contributed by atoms with Gasteiger partial charge in [-0.15, -0.1) is 0 Å². The molecule has 1 rings (SSSR count). The van der Waals surface area contributed by atoms with Gasteiger partial charge in [0, 0.05) is 31.8 Å². The Morgan fingerprint density at radius 2 is 1.62 bits per heavy atom. The number of allylic oxidation sites excluding steroid dienone is 7. The van der Waals surface area contributed by atoms with Crippen LogP contribution in [0.25, 0.3) is 0 Å². The van der Waals surface area contributed by atoms with Gasteiger partial charge in [0.25, 0.3) is 0 Å². The third-order valence-electron chi connectivity index (χ3n) is 10.8. The monoisotopic (exact) mass is 779 g/mol. The zero-order valence-electron chi connectivity index (χ0n) is 34.3. The van der Waals surface area contributed by atoms with Crippen LogP contribution in [0.3, 0.4) is 0 Å². The molecule has 316 valence electrons. The van der Waals surface area contributed by atoms with Crippen molar-refractivity contribution in [1.82, 2.24) is 0 Å². The zero-order valence-corrected chi connectivity index (χ0v) is 34.3. The van der Waals surface area contributed by atoms with Crippen LogP contribution in [0.4, 0.5) is 0 Å². The lowest BCUT2D eigenvalue weighted by molar-refractivity contribution is -0.158. The molecule has 55 heavy (non-hydrogen) atoms. The van der Waals surface area contributed by atoms with Crippen LogP contribution in [-0.2, 0) is 19.1 Å². The Morgan fingerprint density at radius 1 is 0.945 bits per heavy atom. The summed E-state index contributed by atoms with van der Waals surface area (Å²) in [7, 11) is 1.66. The van der Waals surface area contributed by atoms with E-state index >= 15 is 0 Å². The number of ether oxygens (including phenoxy) is 2. The SMILES string of the molecule is COC1C/C=C\C=C\CC(C)C(O)CC(O)C(C)C(O)CC(=O)OC(C(C)C(O)C=C(C)CC/C=C/C=C/CC(O)CC(C)CCC(=O)O)CC(O)CCC1. The van der Waals surface area contributed by atoms with Crippen molar-refractivity contribution in [2.45, 2.75) is 173 Å². The van der Waals surface area contributed by atoms with Crippen molar-refractivity contribution in [3.8, 4) is 0 Å². The number of aliphatic carboxylic acids is 1. The standard InChI is InChI=1S/C44H74O11/c1-30(17-12-8-7-9-14-19-35(45)25-31(2)23-24-43(51)52)26-39(48)34(5)42-27-36(46)20-16-22-37(54-6)21-15-11-10-13-18-32(3)38(47)28-40(49)33(4)41(50)29-44(53)55-42/h7-11,13-15,26,31-42,45-50H,12,16-25,27-29H2,1-6H3,(H,51,52)/b8-7+,13-10+,14-9+,15-11-,30-26?. The summed E-state index contributed by atoms with van der Waals surface area (Å²) in [6.07, 6.45) is 17.0. The fraction of sp³-hybridized carbons (Fsp3) is 0.727. The normalized spacial score (nSPS) is 31.1. The van der Waals surface area contributed by atoms with E-state index < -0.39 is 66.5 Å². The Morgan fingerprint density at radius 3 is 2.29 bits per heavy atom. The molecule has 0 saturated heterocycles. The highest BCUT2D eigenvalue weighted by molar-refractivity contribution is 5.70. The van der Waals surface area contributed by atoms with Gasteiger partial charge in [0.05, 0.1) is 49.1 Å². The first-order chi connectivity index (χ1) is 26.0. The lowest BCUT2D eigenvalue weighted by Gasteiger charge is -2.30. The molecule has 0 amide bonds. The van der Waals surface area contributed by atoms with Gasteiger partial charge < -0.3 is 45.2 Å². The number of carbonyl (C=O) groups is 2. The van der Waals surface area contributed by atoms with Crippen LogP contribution < -0.4 is 0 Å². The van der Waals surface area contributed by atoms with E-state index in [1.54, 1.807) is 27.0 Å². The molecule has 7 N–H and O–H groups in total. The summed E-state index contributed by atoms with van der Waals surface area (Å²) in [5, 5.41) is 73.7. The molecule has 0 saturated carbocycles. The zero-order chi connectivity index (χ0) is 41.3.